The van der Waals surface area contributed by atoms with Crippen LogP contribution in [0.4, 0.5) is 0 Å². The molecule has 13 heavy (non-hydrogen) atoms. The average molecular weight is 204 g/mol. The van der Waals surface area contributed by atoms with Crippen molar-refractivity contribution in [2.45, 2.75) is 12.2 Å². The third kappa shape index (κ3) is 3.56. The van der Waals surface area contributed by atoms with Gasteiger partial charge in [0.25, 0.3) is 0 Å². The van der Waals surface area contributed by atoms with E-state index in [2.05, 4.69) is 4.98 Å². The number of nitrogens with zero attached hydrogens (tertiary/aromatic N) is 1. The zero-order valence-corrected chi connectivity index (χ0v) is 8.17. The lowest BCUT2D eigenvalue weighted by Crippen LogP contribution is -2.02. The standard InChI is InChI=1S/C7H12N2O3S/c1-13(10,11)5-6-4-9-7(12-6)2-3-8/h4H,2-3,5,8H2,1H3. The van der Waals surface area contributed by atoms with E-state index in [1.165, 1.54) is 6.20 Å². The fourth-order valence-electron chi connectivity index (χ4n) is 0.912. The Kier molecular flexibility index (Phi) is 3.05. The van der Waals surface area contributed by atoms with Crippen LogP contribution in [0.15, 0.2) is 10.6 Å². The van der Waals surface area contributed by atoms with E-state index in [4.69, 9.17) is 10.2 Å². The number of oxazole rings is 1. The van der Waals surface area contributed by atoms with Crippen LogP contribution < -0.4 is 5.73 Å². The first-order valence-electron chi connectivity index (χ1n) is 3.82. The van der Waals surface area contributed by atoms with Gasteiger partial charge in [-0.15, -0.1) is 0 Å². The number of hydrogen-bond acceptors (Lipinski definition) is 5. The zero-order valence-electron chi connectivity index (χ0n) is 7.36. The van der Waals surface area contributed by atoms with Crippen LogP contribution in [0.5, 0.6) is 0 Å². The maximum Gasteiger partial charge on any atom is 0.195 e. The predicted octanol–water partition coefficient (Wildman–Crippen LogP) is -0.280. The summed E-state index contributed by atoms with van der Waals surface area (Å²) in [6, 6.07) is 0. The Bertz CT molecular complexity index is 369. The van der Waals surface area contributed by atoms with Crippen molar-refractivity contribution in [3.63, 3.8) is 0 Å². The van der Waals surface area contributed by atoms with E-state index < -0.39 is 9.84 Å². The Morgan fingerprint density at radius 1 is 1.62 bits per heavy atom. The summed E-state index contributed by atoms with van der Waals surface area (Å²) in [4.78, 5) is 3.88. The highest BCUT2D eigenvalue weighted by Gasteiger charge is 2.09. The fourth-order valence-corrected chi connectivity index (χ4v) is 1.56. The van der Waals surface area contributed by atoms with Gasteiger partial charge in [0.2, 0.25) is 0 Å². The van der Waals surface area contributed by atoms with Crippen molar-refractivity contribution >= 4 is 9.84 Å². The summed E-state index contributed by atoms with van der Waals surface area (Å²) >= 11 is 0. The Morgan fingerprint density at radius 2 is 2.31 bits per heavy atom. The van der Waals surface area contributed by atoms with Gasteiger partial charge >= 0.3 is 0 Å². The molecule has 1 aromatic heterocycles. The Hall–Kier alpha value is -0.880. The number of hydrogen-bond donors (Lipinski definition) is 1. The van der Waals surface area contributed by atoms with Crippen LogP contribution in [0.1, 0.15) is 11.7 Å². The van der Waals surface area contributed by atoms with Gasteiger partial charge in [-0.05, 0) is 0 Å². The Morgan fingerprint density at radius 3 is 2.85 bits per heavy atom. The van der Waals surface area contributed by atoms with E-state index in [1.807, 2.05) is 0 Å². The van der Waals surface area contributed by atoms with E-state index >= 15 is 0 Å². The second-order valence-electron chi connectivity index (χ2n) is 2.83. The SMILES string of the molecule is CS(=O)(=O)Cc1cnc(CCN)o1. The molecule has 0 saturated carbocycles. The zero-order chi connectivity index (χ0) is 9.90. The van der Waals surface area contributed by atoms with Crippen molar-refractivity contribution in [1.82, 2.24) is 4.98 Å². The summed E-state index contributed by atoms with van der Waals surface area (Å²) in [5.41, 5.74) is 5.28. The molecular weight excluding hydrogens is 192 g/mol. The van der Waals surface area contributed by atoms with Gasteiger partial charge in [-0.3, -0.25) is 0 Å². The summed E-state index contributed by atoms with van der Waals surface area (Å²) < 4.78 is 26.8. The summed E-state index contributed by atoms with van der Waals surface area (Å²) in [7, 11) is -3.04. The maximum absolute atomic E-state index is 10.9. The molecule has 0 fully saturated rings. The number of nitrogens with two attached hydrogens (primary N) is 1. The second kappa shape index (κ2) is 3.89. The van der Waals surface area contributed by atoms with Crippen molar-refractivity contribution < 1.29 is 12.8 Å². The van der Waals surface area contributed by atoms with Gasteiger partial charge in [-0.1, -0.05) is 0 Å². The first kappa shape index (κ1) is 10.2. The highest BCUT2D eigenvalue weighted by atomic mass is 32.2. The summed E-state index contributed by atoms with van der Waals surface area (Å²) in [6.45, 7) is 0.443. The molecule has 0 aromatic carbocycles. The summed E-state index contributed by atoms with van der Waals surface area (Å²) in [5, 5.41) is 0. The third-order valence-electron chi connectivity index (χ3n) is 1.36. The van der Waals surface area contributed by atoms with Gasteiger partial charge in [-0.2, -0.15) is 0 Å². The minimum absolute atomic E-state index is 0.107. The highest BCUT2D eigenvalue weighted by Crippen LogP contribution is 2.07. The Labute approximate surface area is 76.9 Å². The molecule has 0 aliphatic carbocycles. The molecule has 2 N–H and O–H groups in total. The van der Waals surface area contributed by atoms with Gasteiger partial charge in [0.15, 0.2) is 15.7 Å². The normalized spacial score (nSPS) is 11.8. The molecule has 0 spiro atoms. The van der Waals surface area contributed by atoms with E-state index in [0.717, 1.165) is 6.26 Å². The monoisotopic (exact) mass is 204 g/mol. The highest BCUT2D eigenvalue weighted by molar-refractivity contribution is 7.89. The smallest absolute Gasteiger partial charge is 0.195 e. The van der Waals surface area contributed by atoms with Crippen molar-refractivity contribution in [3.05, 3.63) is 17.8 Å². The lowest BCUT2D eigenvalue weighted by atomic mass is 10.4. The van der Waals surface area contributed by atoms with Crippen molar-refractivity contribution in [3.8, 4) is 0 Å². The van der Waals surface area contributed by atoms with Gasteiger partial charge in [0.1, 0.15) is 11.5 Å². The van der Waals surface area contributed by atoms with Crippen LogP contribution in [-0.2, 0) is 22.0 Å². The maximum atomic E-state index is 10.9. The van der Waals surface area contributed by atoms with Crippen LogP contribution in [0.2, 0.25) is 0 Å². The molecule has 0 saturated heterocycles. The van der Waals surface area contributed by atoms with E-state index in [0.29, 0.717) is 24.6 Å². The average Bonchev–Trinajstić information content (AvgIpc) is 2.33. The number of aromatic nitrogens is 1. The van der Waals surface area contributed by atoms with Crippen LogP contribution in [0, 0.1) is 0 Å². The molecule has 0 atom stereocenters. The number of rotatable bonds is 4. The molecule has 1 heterocycles. The minimum atomic E-state index is -3.04. The predicted molar refractivity (Wildman–Crippen MR) is 47.8 cm³/mol. The lowest BCUT2D eigenvalue weighted by Gasteiger charge is -1.92. The molecule has 0 unspecified atom stereocenters. The lowest BCUT2D eigenvalue weighted by molar-refractivity contribution is 0.466. The Balaban J connectivity index is 2.69. The quantitative estimate of drug-likeness (QED) is 0.729. The molecule has 0 aliphatic rings. The van der Waals surface area contributed by atoms with Crippen LogP contribution in [-0.4, -0.2) is 26.2 Å². The van der Waals surface area contributed by atoms with Gasteiger partial charge in [0.05, 0.1) is 6.20 Å². The first-order chi connectivity index (χ1) is 6.01. The molecule has 0 bridgehead atoms. The minimum Gasteiger partial charge on any atom is -0.445 e. The van der Waals surface area contributed by atoms with E-state index in [1.54, 1.807) is 0 Å². The second-order valence-corrected chi connectivity index (χ2v) is 4.97. The van der Waals surface area contributed by atoms with Gasteiger partial charge in [-0.25, -0.2) is 13.4 Å². The third-order valence-corrected chi connectivity index (χ3v) is 2.17. The molecule has 0 radical (unpaired) electrons. The van der Waals surface area contributed by atoms with E-state index in [-0.39, 0.29) is 5.75 Å². The molecule has 1 rings (SSSR count). The van der Waals surface area contributed by atoms with Crippen LogP contribution >= 0.6 is 0 Å². The van der Waals surface area contributed by atoms with Gasteiger partial charge < -0.3 is 10.2 Å². The van der Waals surface area contributed by atoms with Crippen molar-refractivity contribution in [2.24, 2.45) is 5.73 Å². The van der Waals surface area contributed by atoms with Gasteiger partial charge in [0, 0.05) is 19.2 Å². The summed E-state index contributed by atoms with van der Waals surface area (Å²) in [6.07, 6.45) is 3.11. The van der Waals surface area contributed by atoms with Crippen LogP contribution in [0.3, 0.4) is 0 Å². The van der Waals surface area contributed by atoms with Crippen LogP contribution in [0.25, 0.3) is 0 Å². The topological polar surface area (TPSA) is 86.2 Å². The van der Waals surface area contributed by atoms with Crippen molar-refractivity contribution in [1.29, 1.82) is 0 Å². The molecule has 1 aromatic rings. The summed E-state index contributed by atoms with van der Waals surface area (Å²) in [5.74, 6) is 0.747. The molecular formula is C7H12N2O3S. The molecule has 74 valence electrons. The largest absolute Gasteiger partial charge is 0.445 e. The van der Waals surface area contributed by atoms with Crippen molar-refractivity contribution in [2.75, 3.05) is 12.8 Å². The molecule has 5 nitrogen and oxygen atoms in total. The number of sulfone groups is 1. The van der Waals surface area contributed by atoms with E-state index in [9.17, 15) is 8.42 Å². The fraction of sp³-hybridized carbons (Fsp3) is 0.571. The molecule has 0 amide bonds. The molecule has 0 aliphatic heterocycles. The molecule has 6 heteroatoms. The first-order valence-corrected chi connectivity index (χ1v) is 5.88.